The molecule has 0 aromatic heterocycles. The Morgan fingerprint density at radius 2 is 2.00 bits per heavy atom. The maximum Gasteiger partial charge on any atom is 0.399 e. The van der Waals surface area contributed by atoms with Crippen LogP contribution < -0.4 is 5.32 Å². The summed E-state index contributed by atoms with van der Waals surface area (Å²) in [5.74, 6) is -0.987. The predicted octanol–water partition coefficient (Wildman–Crippen LogP) is 0.579. The molecule has 1 aliphatic heterocycles. The van der Waals surface area contributed by atoms with E-state index in [2.05, 4.69) is 16.9 Å². The number of hydrogen-bond donors (Lipinski definition) is 1. The summed E-state index contributed by atoms with van der Waals surface area (Å²) in [7, 11) is 0. The number of carbonyl (C=O) groups is 1. The minimum absolute atomic E-state index is 0.161. The third kappa shape index (κ3) is 1.62. The van der Waals surface area contributed by atoms with Crippen LogP contribution >= 0.6 is 11.6 Å². The van der Waals surface area contributed by atoms with Crippen molar-refractivity contribution in [2.24, 2.45) is 11.8 Å². The molecule has 0 bridgehead atoms. The highest BCUT2D eigenvalue weighted by molar-refractivity contribution is 6.32. The van der Waals surface area contributed by atoms with Crippen molar-refractivity contribution in [3.8, 4) is 0 Å². The molecule has 1 unspecified atom stereocenters. The molecule has 1 aliphatic carbocycles. The SMILES string of the molecule is O=C(NC1[C@H]2COC[C@@H]12)C(F)(F)Cl. The average Bonchev–Trinajstić information content (AvgIpc) is 2.47. The van der Waals surface area contributed by atoms with Crippen LogP contribution in [0.5, 0.6) is 0 Å². The Bertz CT molecular complexity index is 233. The summed E-state index contributed by atoms with van der Waals surface area (Å²) < 4.78 is 29.4. The van der Waals surface area contributed by atoms with E-state index in [0.29, 0.717) is 13.2 Å². The Morgan fingerprint density at radius 3 is 2.46 bits per heavy atom. The molecule has 3 atom stereocenters. The lowest BCUT2D eigenvalue weighted by Crippen LogP contribution is -2.39. The van der Waals surface area contributed by atoms with Gasteiger partial charge in [-0.25, -0.2) is 0 Å². The van der Waals surface area contributed by atoms with E-state index in [1.54, 1.807) is 0 Å². The highest BCUT2D eigenvalue weighted by Crippen LogP contribution is 2.44. The number of hydrogen-bond acceptors (Lipinski definition) is 2. The maximum atomic E-state index is 12.2. The monoisotopic (exact) mass is 211 g/mol. The van der Waals surface area contributed by atoms with Crippen LogP contribution in [0, 0.1) is 11.8 Å². The Kier molecular flexibility index (Phi) is 1.96. The quantitative estimate of drug-likeness (QED) is 0.679. The summed E-state index contributed by atoms with van der Waals surface area (Å²) in [5, 5.41) is -1.60. The maximum absolute atomic E-state index is 12.2. The molecular formula is C7H8ClF2NO2. The highest BCUT2D eigenvalue weighted by Gasteiger charge is 2.56. The minimum atomic E-state index is -3.79. The van der Waals surface area contributed by atoms with Gasteiger partial charge in [-0.05, 0) is 11.6 Å². The first-order valence-corrected chi connectivity index (χ1v) is 4.33. The van der Waals surface area contributed by atoms with Crippen molar-refractivity contribution in [2.75, 3.05) is 13.2 Å². The van der Waals surface area contributed by atoms with Gasteiger partial charge in [0.25, 0.3) is 0 Å². The smallest absolute Gasteiger partial charge is 0.381 e. The van der Waals surface area contributed by atoms with Gasteiger partial charge in [-0.3, -0.25) is 4.79 Å². The van der Waals surface area contributed by atoms with Crippen molar-refractivity contribution >= 4 is 17.5 Å². The fraction of sp³-hybridized carbons (Fsp3) is 0.857. The van der Waals surface area contributed by atoms with Crippen molar-refractivity contribution in [3.05, 3.63) is 0 Å². The van der Waals surface area contributed by atoms with E-state index in [-0.39, 0.29) is 17.9 Å². The number of halogens is 3. The lowest BCUT2D eigenvalue weighted by atomic mass is 10.4. The van der Waals surface area contributed by atoms with Gasteiger partial charge >= 0.3 is 11.3 Å². The van der Waals surface area contributed by atoms with Crippen molar-refractivity contribution in [2.45, 2.75) is 11.4 Å². The van der Waals surface area contributed by atoms with Gasteiger partial charge in [0.2, 0.25) is 0 Å². The Labute approximate surface area is 78.4 Å². The number of nitrogens with one attached hydrogen (secondary N) is 1. The summed E-state index contributed by atoms with van der Waals surface area (Å²) >= 11 is 4.54. The molecule has 0 spiro atoms. The third-order valence-corrected chi connectivity index (χ3v) is 2.68. The van der Waals surface area contributed by atoms with E-state index < -0.39 is 11.3 Å². The van der Waals surface area contributed by atoms with E-state index in [4.69, 9.17) is 4.74 Å². The van der Waals surface area contributed by atoms with Gasteiger partial charge in [-0.2, -0.15) is 8.78 Å². The largest absolute Gasteiger partial charge is 0.399 e. The van der Waals surface area contributed by atoms with E-state index in [0.717, 1.165) is 0 Å². The van der Waals surface area contributed by atoms with E-state index in [9.17, 15) is 13.6 Å². The average molecular weight is 212 g/mol. The van der Waals surface area contributed by atoms with Crippen LogP contribution in [-0.2, 0) is 9.53 Å². The van der Waals surface area contributed by atoms with Crippen LogP contribution in [0.2, 0.25) is 0 Å². The molecule has 2 aliphatic rings. The summed E-state index contributed by atoms with van der Waals surface area (Å²) in [4.78, 5) is 10.7. The molecule has 0 radical (unpaired) electrons. The molecule has 13 heavy (non-hydrogen) atoms. The topological polar surface area (TPSA) is 38.3 Å². The summed E-state index contributed by atoms with van der Waals surface area (Å²) in [6.45, 7) is 1.09. The summed E-state index contributed by atoms with van der Waals surface area (Å²) in [6, 6.07) is -0.161. The van der Waals surface area contributed by atoms with Gasteiger partial charge in [0.1, 0.15) is 0 Å². The first-order chi connectivity index (χ1) is 6.00. The van der Waals surface area contributed by atoms with Gasteiger partial charge < -0.3 is 10.1 Å². The van der Waals surface area contributed by atoms with Gasteiger partial charge in [0.05, 0.1) is 13.2 Å². The number of ether oxygens (including phenoxy) is 1. The molecule has 74 valence electrons. The molecule has 2 fully saturated rings. The molecular weight excluding hydrogens is 204 g/mol. The second-order valence-electron chi connectivity index (χ2n) is 3.36. The van der Waals surface area contributed by atoms with Crippen LogP contribution in [0.15, 0.2) is 0 Å². The molecule has 0 aromatic carbocycles. The lowest BCUT2D eigenvalue weighted by Gasteiger charge is -2.10. The van der Waals surface area contributed by atoms with Crippen LogP contribution in [0.1, 0.15) is 0 Å². The first kappa shape index (κ1) is 9.15. The molecule has 1 N–H and O–H groups in total. The molecule has 3 nitrogen and oxygen atoms in total. The molecule has 2 rings (SSSR count). The number of alkyl halides is 3. The molecule has 1 saturated heterocycles. The lowest BCUT2D eigenvalue weighted by molar-refractivity contribution is -0.136. The Hall–Kier alpha value is -0.420. The third-order valence-electron chi connectivity index (χ3n) is 2.51. The molecule has 0 aromatic rings. The molecule has 6 heteroatoms. The second kappa shape index (κ2) is 2.78. The summed E-state index contributed by atoms with van der Waals surface area (Å²) in [6.07, 6.45) is 0. The number of amides is 1. The normalized spacial score (nSPS) is 37.0. The van der Waals surface area contributed by atoms with Gasteiger partial charge in [-0.15, -0.1) is 0 Å². The first-order valence-electron chi connectivity index (χ1n) is 3.95. The van der Waals surface area contributed by atoms with Crippen LogP contribution in [-0.4, -0.2) is 30.5 Å². The minimum Gasteiger partial charge on any atom is -0.381 e. The van der Waals surface area contributed by atoms with Crippen LogP contribution in [0.25, 0.3) is 0 Å². The van der Waals surface area contributed by atoms with Crippen molar-refractivity contribution in [1.82, 2.24) is 5.32 Å². The number of carbonyl (C=O) groups excluding carboxylic acids is 1. The predicted molar refractivity (Wildman–Crippen MR) is 40.5 cm³/mol. The molecule has 1 saturated carbocycles. The van der Waals surface area contributed by atoms with Crippen molar-refractivity contribution in [1.29, 1.82) is 0 Å². The number of fused-ring (bicyclic) bond motifs is 1. The zero-order valence-corrected chi connectivity index (χ0v) is 7.35. The van der Waals surface area contributed by atoms with Gasteiger partial charge in [0, 0.05) is 17.9 Å². The van der Waals surface area contributed by atoms with E-state index in [1.807, 2.05) is 0 Å². The van der Waals surface area contributed by atoms with Crippen LogP contribution in [0.4, 0.5) is 8.78 Å². The van der Waals surface area contributed by atoms with Gasteiger partial charge in [0.15, 0.2) is 0 Å². The Balaban J connectivity index is 1.84. The van der Waals surface area contributed by atoms with E-state index >= 15 is 0 Å². The van der Waals surface area contributed by atoms with Crippen LogP contribution in [0.3, 0.4) is 0 Å². The zero-order chi connectivity index (χ0) is 9.64. The van der Waals surface area contributed by atoms with E-state index in [1.165, 1.54) is 0 Å². The fourth-order valence-corrected chi connectivity index (χ4v) is 1.74. The van der Waals surface area contributed by atoms with Crippen molar-refractivity contribution in [3.63, 3.8) is 0 Å². The van der Waals surface area contributed by atoms with Gasteiger partial charge in [-0.1, -0.05) is 0 Å². The Morgan fingerprint density at radius 1 is 1.46 bits per heavy atom. The second-order valence-corrected chi connectivity index (χ2v) is 3.84. The van der Waals surface area contributed by atoms with Crippen molar-refractivity contribution < 1.29 is 18.3 Å². The standard InChI is InChI=1S/C7H8ClF2NO2/c8-7(9,10)6(12)11-5-3-1-13-2-4(3)5/h3-5H,1-2H2,(H,11,12)/t3-,4+,5?. The number of rotatable bonds is 2. The molecule has 1 amide bonds. The summed E-state index contributed by atoms with van der Waals surface area (Å²) in [5.41, 5.74) is 0. The molecule has 1 heterocycles. The zero-order valence-electron chi connectivity index (χ0n) is 6.60. The highest BCUT2D eigenvalue weighted by atomic mass is 35.5. The fourth-order valence-electron chi connectivity index (χ4n) is 1.69.